The maximum atomic E-state index is 12.4. The van der Waals surface area contributed by atoms with Crippen molar-refractivity contribution < 1.29 is 14.3 Å². The average molecular weight is 415 g/mol. The fourth-order valence-corrected chi connectivity index (χ4v) is 4.40. The maximum absolute atomic E-state index is 12.4. The number of hydrogen-bond acceptors (Lipinski definition) is 5. The monoisotopic (exact) mass is 414 g/mol. The number of rotatable bonds is 6. The SMILES string of the molecule is CCOC(=O)Cn1c(=NC(=O)/C=C/c2cccs2)sc2cc(C(C)C)ccc21. The highest BCUT2D eigenvalue weighted by molar-refractivity contribution is 7.16. The normalized spacial score (nSPS) is 12.4. The Labute approximate surface area is 171 Å². The van der Waals surface area contributed by atoms with Crippen LogP contribution in [0.4, 0.5) is 0 Å². The Bertz CT molecular complexity index is 1070. The Kier molecular flexibility index (Phi) is 6.59. The third-order valence-corrected chi connectivity index (χ3v) is 5.98. The van der Waals surface area contributed by atoms with E-state index in [1.807, 2.05) is 29.6 Å². The minimum Gasteiger partial charge on any atom is -0.465 e. The lowest BCUT2D eigenvalue weighted by atomic mass is 10.0. The van der Waals surface area contributed by atoms with Crippen LogP contribution in [0.3, 0.4) is 0 Å². The van der Waals surface area contributed by atoms with Crippen molar-refractivity contribution in [3.05, 3.63) is 57.0 Å². The zero-order valence-corrected chi connectivity index (χ0v) is 17.7. The quantitative estimate of drug-likeness (QED) is 0.438. The third kappa shape index (κ3) is 4.85. The minimum absolute atomic E-state index is 0.0234. The van der Waals surface area contributed by atoms with E-state index in [4.69, 9.17) is 4.74 Å². The van der Waals surface area contributed by atoms with Gasteiger partial charge < -0.3 is 9.30 Å². The molecule has 2 heterocycles. The molecule has 0 unspecified atom stereocenters. The van der Waals surface area contributed by atoms with Crippen LogP contribution in [0.1, 0.15) is 37.1 Å². The van der Waals surface area contributed by atoms with E-state index in [0.29, 0.717) is 17.3 Å². The van der Waals surface area contributed by atoms with Gasteiger partial charge in [-0.3, -0.25) is 9.59 Å². The van der Waals surface area contributed by atoms with Crippen molar-refractivity contribution in [3.8, 4) is 0 Å². The van der Waals surface area contributed by atoms with Gasteiger partial charge in [0.05, 0.1) is 16.8 Å². The summed E-state index contributed by atoms with van der Waals surface area (Å²) >= 11 is 2.96. The summed E-state index contributed by atoms with van der Waals surface area (Å²) < 4.78 is 7.83. The molecular formula is C21H22N2O3S2. The van der Waals surface area contributed by atoms with Crippen molar-refractivity contribution in [2.45, 2.75) is 33.2 Å². The van der Waals surface area contributed by atoms with Crippen molar-refractivity contribution >= 4 is 50.8 Å². The van der Waals surface area contributed by atoms with Crippen LogP contribution in [-0.4, -0.2) is 23.1 Å². The zero-order valence-electron chi connectivity index (χ0n) is 16.0. The highest BCUT2D eigenvalue weighted by Crippen LogP contribution is 2.23. The molecule has 1 amide bonds. The number of fused-ring (bicyclic) bond motifs is 1. The standard InChI is InChI=1S/C21H22N2O3S2/c1-4-26-20(25)13-23-17-9-7-15(14(2)3)12-18(17)28-21(23)22-19(24)10-8-16-6-5-11-27-16/h5-12,14H,4,13H2,1-3H3/b10-8+,22-21?. The second kappa shape index (κ2) is 9.12. The van der Waals surface area contributed by atoms with Gasteiger partial charge in [0.2, 0.25) is 0 Å². The first-order valence-corrected chi connectivity index (χ1v) is 10.8. The summed E-state index contributed by atoms with van der Waals surface area (Å²) in [5.41, 5.74) is 2.07. The first-order valence-electron chi connectivity index (χ1n) is 9.07. The number of amides is 1. The topological polar surface area (TPSA) is 60.7 Å². The lowest BCUT2D eigenvalue weighted by Crippen LogP contribution is -2.22. The third-order valence-electron chi connectivity index (χ3n) is 4.11. The molecule has 3 rings (SSSR count). The van der Waals surface area contributed by atoms with E-state index in [0.717, 1.165) is 15.1 Å². The van der Waals surface area contributed by atoms with Crippen LogP contribution in [0.25, 0.3) is 16.3 Å². The molecule has 0 saturated heterocycles. The van der Waals surface area contributed by atoms with Gasteiger partial charge in [-0.05, 0) is 48.1 Å². The van der Waals surface area contributed by atoms with Crippen molar-refractivity contribution in [3.63, 3.8) is 0 Å². The Morgan fingerprint density at radius 1 is 1.29 bits per heavy atom. The van der Waals surface area contributed by atoms with Gasteiger partial charge in [0.25, 0.3) is 5.91 Å². The molecule has 0 N–H and O–H groups in total. The molecule has 28 heavy (non-hydrogen) atoms. The van der Waals surface area contributed by atoms with E-state index >= 15 is 0 Å². The van der Waals surface area contributed by atoms with Crippen molar-refractivity contribution in [1.29, 1.82) is 0 Å². The van der Waals surface area contributed by atoms with Gasteiger partial charge in [-0.1, -0.05) is 37.3 Å². The molecule has 0 radical (unpaired) electrons. The van der Waals surface area contributed by atoms with Gasteiger partial charge >= 0.3 is 5.97 Å². The summed E-state index contributed by atoms with van der Waals surface area (Å²) in [6.45, 7) is 6.37. The number of hydrogen-bond donors (Lipinski definition) is 0. The lowest BCUT2D eigenvalue weighted by Gasteiger charge is -2.07. The number of thiophene rings is 1. The summed E-state index contributed by atoms with van der Waals surface area (Å²) in [5, 5.41) is 1.95. The van der Waals surface area contributed by atoms with E-state index in [1.165, 1.54) is 23.0 Å². The van der Waals surface area contributed by atoms with Gasteiger partial charge in [0.1, 0.15) is 6.54 Å². The Morgan fingerprint density at radius 3 is 2.79 bits per heavy atom. The first-order chi connectivity index (χ1) is 13.5. The van der Waals surface area contributed by atoms with Crippen LogP contribution in [-0.2, 0) is 20.9 Å². The molecule has 0 atom stereocenters. The molecule has 0 bridgehead atoms. The molecule has 0 aliphatic carbocycles. The molecule has 0 fully saturated rings. The van der Waals surface area contributed by atoms with E-state index in [1.54, 1.807) is 28.9 Å². The molecule has 0 spiro atoms. The molecule has 0 saturated carbocycles. The molecule has 5 nitrogen and oxygen atoms in total. The fourth-order valence-electron chi connectivity index (χ4n) is 2.69. The zero-order chi connectivity index (χ0) is 20.1. The number of benzene rings is 1. The van der Waals surface area contributed by atoms with Crippen molar-refractivity contribution in [1.82, 2.24) is 4.57 Å². The minimum atomic E-state index is -0.360. The van der Waals surface area contributed by atoms with E-state index in [-0.39, 0.29) is 18.4 Å². The smallest absolute Gasteiger partial charge is 0.326 e. The van der Waals surface area contributed by atoms with Crippen LogP contribution in [0.15, 0.2) is 46.8 Å². The number of esters is 1. The number of thiazole rings is 1. The first kappa shape index (κ1) is 20.2. The maximum Gasteiger partial charge on any atom is 0.326 e. The predicted molar refractivity (Wildman–Crippen MR) is 114 cm³/mol. The van der Waals surface area contributed by atoms with E-state index in [9.17, 15) is 9.59 Å². The summed E-state index contributed by atoms with van der Waals surface area (Å²) in [7, 11) is 0. The van der Waals surface area contributed by atoms with Gasteiger partial charge in [0, 0.05) is 11.0 Å². The largest absolute Gasteiger partial charge is 0.465 e. The second-order valence-corrected chi connectivity index (χ2v) is 8.44. The molecular weight excluding hydrogens is 392 g/mol. The summed E-state index contributed by atoms with van der Waals surface area (Å²) in [6, 6.07) is 9.98. The Balaban J connectivity index is 2.02. The molecule has 1 aromatic carbocycles. The lowest BCUT2D eigenvalue weighted by molar-refractivity contribution is -0.143. The van der Waals surface area contributed by atoms with E-state index < -0.39 is 0 Å². The molecule has 0 aliphatic heterocycles. The van der Waals surface area contributed by atoms with Gasteiger partial charge in [-0.2, -0.15) is 4.99 Å². The number of aromatic nitrogens is 1. The highest BCUT2D eigenvalue weighted by atomic mass is 32.1. The molecule has 3 aromatic rings. The molecule has 146 valence electrons. The Hall–Kier alpha value is -2.51. The number of ether oxygens (including phenoxy) is 1. The van der Waals surface area contributed by atoms with E-state index in [2.05, 4.69) is 24.9 Å². The van der Waals surface area contributed by atoms with Gasteiger partial charge in [0.15, 0.2) is 4.80 Å². The number of nitrogens with zero attached hydrogens (tertiary/aromatic N) is 2. The summed E-state index contributed by atoms with van der Waals surface area (Å²) in [4.78, 5) is 30.1. The molecule has 7 heteroatoms. The van der Waals surface area contributed by atoms with Crippen LogP contribution in [0.5, 0.6) is 0 Å². The molecule has 0 aliphatic rings. The Morgan fingerprint density at radius 2 is 2.11 bits per heavy atom. The second-order valence-electron chi connectivity index (χ2n) is 6.46. The number of carbonyl (C=O) groups excluding carboxylic acids is 2. The van der Waals surface area contributed by atoms with Gasteiger partial charge in [-0.15, -0.1) is 11.3 Å². The molecule has 2 aromatic heterocycles. The van der Waals surface area contributed by atoms with Crippen molar-refractivity contribution in [2.75, 3.05) is 6.61 Å². The summed E-state index contributed by atoms with van der Waals surface area (Å²) in [5.74, 6) is -0.319. The van der Waals surface area contributed by atoms with Crippen LogP contribution < -0.4 is 4.80 Å². The number of carbonyl (C=O) groups is 2. The van der Waals surface area contributed by atoms with Crippen molar-refractivity contribution in [2.24, 2.45) is 4.99 Å². The van der Waals surface area contributed by atoms with Crippen LogP contribution in [0, 0.1) is 0 Å². The average Bonchev–Trinajstić information content (AvgIpc) is 3.28. The van der Waals surface area contributed by atoms with Crippen LogP contribution in [0.2, 0.25) is 0 Å². The predicted octanol–water partition coefficient (Wildman–Crippen LogP) is 4.59. The van der Waals surface area contributed by atoms with Crippen LogP contribution >= 0.6 is 22.7 Å². The highest BCUT2D eigenvalue weighted by Gasteiger charge is 2.13. The fraction of sp³-hybridized carbons (Fsp3) is 0.286. The summed E-state index contributed by atoms with van der Waals surface area (Å²) in [6.07, 6.45) is 3.20. The van der Waals surface area contributed by atoms with Gasteiger partial charge in [-0.25, -0.2) is 0 Å².